The summed E-state index contributed by atoms with van der Waals surface area (Å²) in [5.74, 6) is 2.08. The van der Waals surface area contributed by atoms with Crippen molar-refractivity contribution in [2.24, 2.45) is 0 Å². The molecule has 0 saturated heterocycles. The second-order valence-electron chi connectivity index (χ2n) is 6.08. The normalized spacial score (nSPS) is 10.2. The lowest BCUT2D eigenvalue weighted by atomic mass is 10.1. The molecule has 0 spiro atoms. The van der Waals surface area contributed by atoms with Crippen LogP contribution >= 0.6 is 0 Å². The third kappa shape index (κ3) is 5.05. The molecular formula is C21H21BO3. The van der Waals surface area contributed by atoms with Gasteiger partial charge in [-0.1, -0.05) is 47.5 Å². The van der Waals surface area contributed by atoms with E-state index in [9.17, 15) is 0 Å². The fourth-order valence-electron chi connectivity index (χ4n) is 2.33. The van der Waals surface area contributed by atoms with Crippen LogP contribution in [0.2, 0.25) is 0 Å². The predicted molar refractivity (Wildman–Crippen MR) is 101 cm³/mol. The van der Waals surface area contributed by atoms with Gasteiger partial charge < -0.3 is 14.0 Å². The van der Waals surface area contributed by atoms with Crippen LogP contribution in [0.3, 0.4) is 0 Å². The molecule has 0 unspecified atom stereocenters. The summed E-state index contributed by atoms with van der Waals surface area (Å²) in [6.07, 6.45) is 0. The number of hydrogen-bond acceptors (Lipinski definition) is 3. The molecule has 126 valence electrons. The van der Waals surface area contributed by atoms with E-state index in [1.54, 1.807) is 0 Å². The Kier molecular flexibility index (Phi) is 5.29. The van der Waals surface area contributed by atoms with Gasteiger partial charge in [0.25, 0.3) is 0 Å². The minimum absolute atomic E-state index is 0.690. The Morgan fingerprint density at radius 2 is 1.00 bits per heavy atom. The van der Waals surface area contributed by atoms with Gasteiger partial charge in [-0.15, -0.1) is 0 Å². The largest absolute Gasteiger partial charge is 0.864 e. The highest BCUT2D eigenvalue weighted by Crippen LogP contribution is 2.19. The maximum Gasteiger partial charge on any atom is 0.864 e. The van der Waals surface area contributed by atoms with Crippen molar-refractivity contribution in [1.82, 2.24) is 0 Å². The molecule has 0 radical (unpaired) electrons. The highest BCUT2D eigenvalue weighted by molar-refractivity contribution is 6.39. The van der Waals surface area contributed by atoms with E-state index in [1.165, 1.54) is 11.1 Å². The molecule has 0 bridgehead atoms. The van der Waals surface area contributed by atoms with Crippen molar-refractivity contribution in [2.45, 2.75) is 20.8 Å². The van der Waals surface area contributed by atoms with E-state index < -0.39 is 7.32 Å². The maximum atomic E-state index is 5.92. The van der Waals surface area contributed by atoms with Gasteiger partial charge in [-0.25, -0.2) is 0 Å². The molecule has 0 aliphatic carbocycles. The van der Waals surface area contributed by atoms with Crippen molar-refractivity contribution in [3.63, 3.8) is 0 Å². The van der Waals surface area contributed by atoms with Gasteiger partial charge in [0, 0.05) is 0 Å². The average molecular weight is 332 g/mol. The smallest absolute Gasteiger partial charge is 0.490 e. The van der Waals surface area contributed by atoms with Crippen LogP contribution in [-0.2, 0) is 0 Å². The summed E-state index contributed by atoms with van der Waals surface area (Å²) in [5.41, 5.74) is 3.45. The zero-order valence-electron chi connectivity index (χ0n) is 14.7. The lowest BCUT2D eigenvalue weighted by molar-refractivity contribution is 0.307. The molecule has 25 heavy (non-hydrogen) atoms. The highest BCUT2D eigenvalue weighted by Gasteiger charge is 2.30. The number of rotatable bonds is 6. The third-order valence-corrected chi connectivity index (χ3v) is 3.73. The number of benzene rings is 3. The zero-order chi connectivity index (χ0) is 17.6. The fraction of sp³-hybridized carbons (Fsp3) is 0.143. The second kappa shape index (κ2) is 7.80. The van der Waals surface area contributed by atoms with Gasteiger partial charge in [0.2, 0.25) is 0 Å². The van der Waals surface area contributed by atoms with E-state index in [-0.39, 0.29) is 0 Å². The Hall–Kier alpha value is -2.88. The standard InChI is InChI=1S/C21H21BO3/c1-16-7-11-19(12-8-16)23-22(24-20-13-9-17(2)10-14-20)25-21-6-4-5-18(3)15-21/h4-15H,1-3H3. The lowest BCUT2D eigenvalue weighted by Crippen LogP contribution is -2.37. The monoisotopic (exact) mass is 332 g/mol. The van der Waals surface area contributed by atoms with Crippen LogP contribution in [0, 0.1) is 20.8 Å². The van der Waals surface area contributed by atoms with Gasteiger partial charge in [0.15, 0.2) is 0 Å². The molecule has 3 nitrogen and oxygen atoms in total. The number of aryl methyl sites for hydroxylation is 3. The average Bonchev–Trinajstić information content (AvgIpc) is 2.59. The van der Waals surface area contributed by atoms with E-state index >= 15 is 0 Å². The minimum atomic E-state index is -0.882. The van der Waals surface area contributed by atoms with Crippen LogP contribution in [-0.4, -0.2) is 7.32 Å². The van der Waals surface area contributed by atoms with Gasteiger partial charge >= 0.3 is 7.32 Å². The van der Waals surface area contributed by atoms with E-state index in [4.69, 9.17) is 14.0 Å². The summed E-state index contributed by atoms with van der Waals surface area (Å²) in [6, 6.07) is 23.4. The zero-order valence-corrected chi connectivity index (χ0v) is 14.7. The molecule has 0 heterocycles. The molecule has 0 N–H and O–H groups in total. The molecule has 0 atom stereocenters. The highest BCUT2D eigenvalue weighted by atomic mass is 16.7. The lowest BCUT2D eigenvalue weighted by Gasteiger charge is -2.17. The first-order chi connectivity index (χ1) is 12.1. The Morgan fingerprint density at radius 1 is 0.520 bits per heavy atom. The van der Waals surface area contributed by atoms with Crippen LogP contribution < -0.4 is 14.0 Å². The fourth-order valence-corrected chi connectivity index (χ4v) is 2.33. The van der Waals surface area contributed by atoms with Crippen molar-refractivity contribution >= 4 is 7.32 Å². The maximum absolute atomic E-state index is 5.92. The van der Waals surface area contributed by atoms with Gasteiger partial charge in [0.1, 0.15) is 17.2 Å². The van der Waals surface area contributed by atoms with Crippen molar-refractivity contribution in [3.05, 3.63) is 89.5 Å². The van der Waals surface area contributed by atoms with Gasteiger partial charge in [0.05, 0.1) is 0 Å². The summed E-state index contributed by atoms with van der Waals surface area (Å²) in [4.78, 5) is 0. The Morgan fingerprint density at radius 3 is 1.48 bits per heavy atom. The molecule has 0 amide bonds. The van der Waals surface area contributed by atoms with Crippen LogP contribution in [0.25, 0.3) is 0 Å². The molecule has 3 aromatic carbocycles. The van der Waals surface area contributed by atoms with Crippen molar-refractivity contribution < 1.29 is 14.0 Å². The SMILES string of the molecule is Cc1ccc(OB(Oc2ccc(C)cc2)Oc2cccc(C)c2)cc1. The topological polar surface area (TPSA) is 27.7 Å². The van der Waals surface area contributed by atoms with Gasteiger partial charge in [-0.05, 0) is 62.7 Å². The molecular weight excluding hydrogens is 311 g/mol. The molecule has 3 aromatic rings. The van der Waals surface area contributed by atoms with Crippen LogP contribution in [0.1, 0.15) is 16.7 Å². The van der Waals surface area contributed by atoms with E-state index in [2.05, 4.69) is 0 Å². The van der Waals surface area contributed by atoms with Crippen molar-refractivity contribution in [3.8, 4) is 17.2 Å². The summed E-state index contributed by atoms with van der Waals surface area (Å²) in [6.45, 7) is 6.09. The molecule has 0 aromatic heterocycles. The first-order valence-corrected chi connectivity index (χ1v) is 8.28. The van der Waals surface area contributed by atoms with E-state index in [0.717, 1.165) is 5.56 Å². The first kappa shape index (κ1) is 17.0. The Bertz CT molecular complexity index is 766. The van der Waals surface area contributed by atoms with Crippen LogP contribution in [0.5, 0.6) is 17.2 Å². The van der Waals surface area contributed by atoms with Gasteiger partial charge in [-0.2, -0.15) is 0 Å². The quantitative estimate of drug-likeness (QED) is 0.586. The first-order valence-electron chi connectivity index (χ1n) is 8.28. The third-order valence-electron chi connectivity index (χ3n) is 3.73. The van der Waals surface area contributed by atoms with Crippen LogP contribution in [0.15, 0.2) is 72.8 Å². The van der Waals surface area contributed by atoms with Crippen molar-refractivity contribution in [2.75, 3.05) is 0 Å². The van der Waals surface area contributed by atoms with Gasteiger partial charge in [-0.3, -0.25) is 0 Å². The minimum Gasteiger partial charge on any atom is -0.490 e. The Balaban J connectivity index is 1.79. The van der Waals surface area contributed by atoms with E-state index in [1.807, 2.05) is 93.6 Å². The summed E-state index contributed by atoms with van der Waals surface area (Å²) in [5, 5.41) is 0. The molecule has 0 fully saturated rings. The molecule has 0 aliphatic heterocycles. The molecule has 0 saturated carbocycles. The predicted octanol–water partition coefficient (Wildman–Crippen LogP) is 5.13. The molecule has 0 aliphatic rings. The summed E-state index contributed by atoms with van der Waals surface area (Å²) < 4.78 is 17.7. The Labute approximate surface area is 149 Å². The summed E-state index contributed by atoms with van der Waals surface area (Å²) >= 11 is 0. The second-order valence-corrected chi connectivity index (χ2v) is 6.08. The molecule has 3 rings (SSSR count). The van der Waals surface area contributed by atoms with Crippen molar-refractivity contribution in [1.29, 1.82) is 0 Å². The summed E-state index contributed by atoms with van der Waals surface area (Å²) in [7, 11) is -0.882. The van der Waals surface area contributed by atoms with Crippen LogP contribution in [0.4, 0.5) is 0 Å². The number of hydrogen-bond donors (Lipinski definition) is 0. The van der Waals surface area contributed by atoms with E-state index in [0.29, 0.717) is 17.2 Å². The molecule has 4 heteroatoms.